The summed E-state index contributed by atoms with van der Waals surface area (Å²) in [4.78, 5) is 23.7. The molecule has 0 N–H and O–H groups in total. The van der Waals surface area contributed by atoms with E-state index in [-0.39, 0.29) is 31.5 Å². The summed E-state index contributed by atoms with van der Waals surface area (Å²) in [6.07, 6.45) is 6.83. The molecule has 2 saturated carbocycles. The number of carbonyl (C=O) groups is 2. The first-order valence-electron chi connectivity index (χ1n) is 10.1. The van der Waals surface area contributed by atoms with Crippen LogP contribution >= 0.6 is 0 Å². The number of fused-ring (bicyclic) bond motifs is 2. The smallest absolute Gasteiger partial charge is 0.417 e. The number of esters is 2. The maximum Gasteiger partial charge on any atom is 0.417 e. The van der Waals surface area contributed by atoms with Crippen LogP contribution in [0.1, 0.15) is 38.5 Å². The third kappa shape index (κ3) is 4.13. The molecule has 8 unspecified atom stereocenters. The number of hydrogen-bond acceptors (Lipinski definition) is 8. The fraction of sp³-hybridized carbons (Fsp3) is 0.895. The third-order valence-electron chi connectivity index (χ3n) is 6.33. The van der Waals surface area contributed by atoms with Crippen molar-refractivity contribution in [1.29, 1.82) is 0 Å². The number of ether oxygens (including phenoxy) is 6. The van der Waals surface area contributed by atoms with E-state index in [1.165, 1.54) is 0 Å². The number of epoxide rings is 2. The molecule has 0 aromatic heterocycles. The van der Waals surface area contributed by atoms with E-state index < -0.39 is 11.9 Å². The van der Waals surface area contributed by atoms with Crippen LogP contribution in [0, 0.1) is 11.8 Å². The highest BCUT2D eigenvalue weighted by molar-refractivity contribution is 6.29. The molecule has 3 saturated heterocycles. The van der Waals surface area contributed by atoms with E-state index >= 15 is 0 Å². The largest absolute Gasteiger partial charge is 0.457 e. The molecule has 5 fully saturated rings. The Labute approximate surface area is 157 Å². The Bertz CT molecular complexity index is 594. The maximum absolute atomic E-state index is 11.8. The molecule has 0 aromatic rings. The van der Waals surface area contributed by atoms with E-state index in [9.17, 15) is 9.59 Å². The Morgan fingerprint density at radius 2 is 1.48 bits per heavy atom. The van der Waals surface area contributed by atoms with Gasteiger partial charge in [-0.1, -0.05) is 0 Å². The SMILES string of the molecule is O=C(OCC1CCC2OC2C1)C(=O)OCC1COC(C2CCC3OC3C2)O1. The topological polar surface area (TPSA) is 96.1 Å². The maximum atomic E-state index is 11.8. The molecule has 3 aliphatic heterocycles. The average Bonchev–Trinajstić information content (AvgIpc) is 3.59. The van der Waals surface area contributed by atoms with Gasteiger partial charge in [0, 0.05) is 5.92 Å². The van der Waals surface area contributed by atoms with E-state index in [2.05, 4.69) is 0 Å². The van der Waals surface area contributed by atoms with Crippen molar-refractivity contribution >= 4 is 11.9 Å². The Balaban J connectivity index is 0.989. The monoisotopic (exact) mass is 382 g/mol. The molecule has 5 rings (SSSR count). The summed E-state index contributed by atoms with van der Waals surface area (Å²) in [5, 5.41) is 0. The van der Waals surface area contributed by atoms with Crippen LogP contribution in [-0.2, 0) is 38.0 Å². The molecule has 3 heterocycles. The van der Waals surface area contributed by atoms with E-state index in [0.717, 1.165) is 38.5 Å². The molecule has 2 aliphatic carbocycles. The second-order valence-electron chi connectivity index (χ2n) is 8.33. The van der Waals surface area contributed by atoms with E-state index in [0.29, 0.717) is 36.9 Å². The van der Waals surface area contributed by atoms with Gasteiger partial charge < -0.3 is 28.4 Å². The summed E-state index contributed by atoms with van der Waals surface area (Å²) in [7, 11) is 0. The Kier molecular flexibility index (Phi) is 4.83. The van der Waals surface area contributed by atoms with Crippen LogP contribution < -0.4 is 0 Å². The summed E-state index contributed by atoms with van der Waals surface area (Å²) < 4.78 is 32.7. The summed E-state index contributed by atoms with van der Waals surface area (Å²) in [6.45, 7) is 0.612. The molecule has 0 amide bonds. The highest BCUT2D eigenvalue weighted by Crippen LogP contribution is 2.42. The summed E-state index contributed by atoms with van der Waals surface area (Å²) in [6, 6.07) is 0. The molecule has 0 radical (unpaired) electrons. The van der Waals surface area contributed by atoms with Gasteiger partial charge in [-0.3, -0.25) is 0 Å². The number of carbonyl (C=O) groups excluding carboxylic acids is 2. The first-order chi connectivity index (χ1) is 13.2. The molecule has 0 spiro atoms. The lowest BCUT2D eigenvalue weighted by Crippen LogP contribution is -2.30. The van der Waals surface area contributed by atoms with Crippen LogP contribution in [0.25, 0.3) is 0 Å². The minimum atomic E-state index is -0.967. The molecule has 0 aromatic carbocycles. The second-order valence-corrected chi connectivity index (χ2v) is 8.33. The van der Waals surface area contributed by atoms with E-state index in [1.807, 2.05) is 0 Å². The minimum Gasteiger partial charge on any atom is -0.457 e. The lowest BCUT2D eigenvalue weighted by Gasteiger charge is -2.24. The third-order valence-corrected chi connectivity index (χ3v) is 6.33. The van der Waals surface area contributed by atoms with Gasteiger partial charge in [0.2, 0.25) is 0 Å². The van der Waals surface area contributed by atoms with Crippen LogP contribution in [0.2, 0.25) is 0 Å². The predicted octanol–water partition coefficient (Wildman–Crippen LogP) is 0.949. The molecule has 150 valence electrons. The number of hydrogen-bond donors (Lipinski definition) is 0. The van der Waals surface area contributed by atoms with Crippen molar-refractivity contribution in [3.8, 4) is 0 Å². The first-order valence-corrected chi connectivity index (χ1v) is 10.1. The highest BCUT2D eigenvalue weighted by atomic mass is 16.7. The zero-order valence-electron chi connectivity index (χ0n) is 15.2. The van der Waals surface area contributed by atoms with Gasteiger partial charge in [-0.05, 0) is 44.4 Å². The van der Waals surface area contributed by atoms with Crippen LogP contribution in [0.15, 0.2) is 0 Å². The first kappa shape index (κ1) is 17.8. The molecule has 8 atom stereocenters. The van der Waals surface area contributed by atoms with Gasteiger partial charge >= 0.3 is 11.9 Å². The molecule has 0 bridgehead atoms. The zero-order valence-corrected chi connectivity index (χ0v) is 15.2. The van der Waals surface area contributed by atoms with Gasteiger partial charge in [0.05, 0.1) is 37.6 Å². The normalized spacial score (nSPS) is 44.7. The second kappa shape index (κ2) is 7.31. The van der Waals surface area contributed by atoms with E-state index in [1.54, 1.807) is 0 Å². The van der Waals surface area contributed by atoms with Gasteiger partial charge in [0.25, 0.3) is 0 Å². The van der Waals surface area contributed by atoms with Crippen molar-refractivity contribution in [3.05, 3.63) is 0 Å². The van der Waals surface area contributed by atoms with Crippen molar-refractivity contribution in [2.75, 3.05) is 19.8 Å². The van der Waals surface area contributed by atoms with Crippen LogP contribution in [0.3, 0.4) is 0 Å². The molecule has 8 heteroatoms. The fourth-order valence-corrected chi connectivity index (χ4v) is 4.61. The molecule has 8 nitrogen and oxygen atoms in total. The lowest BCUT2D eigenvalue weighted by atomic mass is 9.89. The number of rotatable bonds is 5. The lowest BCUT2D eigenvalue weighted by molar-refractivity contribution is -0.171. The average molecular weight is 382 g/mol. The van der Waals surface area contributed by atoms with Crippen molar-refractivity contribution < 1.29 is 38.0 Å². The molecule has 27 heavy (non-hydrogen) atoms. The van der Waals surface area contributed by atoms with Crippen LogP contribution in [0.5, 0.6) is 0 Å². The van der Waals surface area contributed by atoms with Crippen molar-refractivity contribution in [3.63, 3.8) is 0 Å². The molecule has 5 aliphatic rings. The van der Waals surface area contributed by atoms with Crippen molar-refractivity contribution in [2.45, 2.75) is 75.3 Å². The van der Waals surface area contributed by atoms with Gasteiger partial charge in [-0.2, -0.15) is 0 Å². The summed E-state index contributed by atoms with van der Waals surface area (Å²) in [5.74, 6) is -1.31. The Morgan fingerprint density at radius 3 is 2.22 bits per heavy atom. The van der Waals surface area contributed by atoms with Crippen molar-refractivity contribution in [2.24, 2.45) is 11.8 Å². The van der Waals surface area contributed by atoms with Gasteiger partial charge in [-0.25, -0.2) is 9.59 Å². The predicted molar refractivity (Wildman–Crippen MR) is 88.5 cm³/mol. The van der Waals surface area contributed by atoms with Gasteiger partial charge in [0.1, 0.15) is 12.7 Å². The zero-order chi connectivity index (χ0) is 18.4. The minimum absolute atomic E-state index is 0.000724. The highest BCUT2D eigenvalue weighted by Gasteiger charge is 2.48. The van der Waals surface area contributed by atoms with Gasteiger partial charge in [0.15, 0.2) is 6.29 Å². The van der Waals surface area contributed by atoms with E-state index in [4.69, 9.17) is 28.4 Å². The molecular weight excluding hydrogens is 356 g/mol. The quantitative estimate of drug-likeness (QED) is 0.394. The fourth-order valence-electron chi connectivity index (χ4n) is 4.61. The standard InChI is InChI=1S/C19H26O8/c20-17(22-7-10-1-3-13-15(5-10)26-13)18(21)23-8-12-9-24-19(25-12)11-2-4-14-16(6-11)27-14/h10-16,19H,1-9H2. The summed E-state index contributed by atoms with van der Waals surface area (Å²) >= 11 is 0. The van der Waals surface area contributed by atoms with Crippen molar-refractivity contribution in [1.82, 2.24) is 0 Å². The summed E-state index contributed by atoms with van der Waals surface area (Å²) in [5.41, 5.74) is 0. The van der Waals surface area contributed by atoms with Gasteiger partial charge in [-0.15, -0.1) is 0 Å². The molecular formula is C19H26O8. The van der Waals surface area contributed by atoms with Crippen LogP contribution in [-0.4, -0.2) is 68.6 Å². The van der Waals surface area contributed by atoms with Crippen LogP contribution in [0.4, 0.5) is 0 Å². The Hall–Kier alpha value is -1.22. The Morgan fingerprint density at radius 1 is 0.778 bits per heavy atom.